The van der Waals surface area contributed by atoms with Crippen molar-refractivity contribution < 1.29 is 4.79 Å². The van der Waals surface area contributed by atoms with Gasteiger partial charge in [0.05, 0.1) is 0 Å². The van der Waals surface area contributed by atoms with Crippen molar-refractivity contribution in [1.29, 1.82) is 0 Å². The summed E-state index contributed by atoms with van der Waals surface area (Å²) in [6.07, 6.45) is 0. The Balaban J connectivity index is 3.00. The fourth-order valence-electron chi connectivity index (χ4n) is 1.87. The monoisotopic (exact) mass is 283 g/mol. The zero-order valence-electron chi connectivity index (χ0n) is 10.2. The minimum Gasteiger partial charge on any atom is -0.349 e. The van der Waals surface area contributed by atoms with Gasteiger partial charge in [-0.3, -0.25) is 4.79 Å². The van der Waals surface area contributed by atoms with Crippen LogP contribution in [0.25, 0.3) is 0 Å². The molecule has 0 aliphatic carbocycles. The second kappa shape index (κ2) is 5.48. The van der Waals surface area contributed by atoms with Crippen LogP contribution in [0, 0.1) is 20.8 Å². The number of rotatable bonds is 3. The Kier molecular flexibility index (Phi) is 4.54. The summed E-state index contributed by atoms with van der Waals surface area (Å²) in [5, 5.41) is 3.73. The van der Waals surface area contributed by atoms with Crippen LogP contribution < -0.4 is 5.32 Å². The normalized spacial score (nSPS) is 12.3. The fraction of sp³-hybridized carbons (Fsp3) is 0.462. The number of halogens is 1. The molecule has 1 atom stereocenters. The Morgan fingerprint density at radius 1 is 1.31 bits per heavy atom. The maximum atomic E-state index is 12.0. The first kappa shape index (κ1) is 13.2. The van der Waals surface area contributed by atoms with Crippen LogP contribution in [0.4, 0.5) is 0 Å². The zero-order chi connectivity index (χ0) is 12.3. The average molecular weight is 284 g/mol. The van der Waals surface area contributed by atoms with Crippen LogP contribution in [0.5, 0.6) is 0 Å². The molecule has 0 saturated heterocycles. The third-order valence-electron chi connectivity index (χ3n) is 2.51. The Labute approximate surface area is 106 Å². The van der Waals surface area contributed by atoms with Gasteiger partial charge in [0.1, 0.15) is 0 Å². The van der Waals surface area contributed by atoms with Crippen LogP contribution >= 0.6 is 15.9 Å². The van der Waals surface area contributed by atoms with Gasteiger partial charge in [0.2, 0.25) is 0 Å². The Hall–Kier alpha value is -0.830. The highest BCUT2D eigenvalue weighted by atomic mass is 79.9. The van der Waals surface area contributed by atoms with E-state index >= 15 is 0 Å². The topological polar surface area (TPSA) is 29.1 Å². The van der Waals surface area contributed by atoms with Gasteiger partial charge in [0.25, 0.3) is 5.91 Å². The molecule has 1 N–H and O–H groups in total. The van der Waals surface area contributed by atoms with E-state index in [1.54, 1.807) is 0 Å². The number of hydrogen-bond acceptors (Lipinski definition) is 1. The summed E-state index contributed by atoms with van der Waals surface area (Å²) in [6.45, 7) is 7.98. The molecule has 0 spiro atoms. The van der Waals surface area contributed by atoms with Gasteiger partial charge in [0.15, 0.2) is 0 Å². The molecule has 0 aliphatic heterocycles. The van der Waals surface area contributed by atoms with E-state index in [9.17, 15) is 4.79 Å². The standard InChI is InChI=1S/C13H18BrNO/c1-8-5-9(2)12(10(3)6-8)13(16)15-11(4)7-14/h5-6,11H,7H2,1-4H3,(H,15,16). The first-order chi connectivity index (χ1) is 7.45. The van der Waals surface area contributed by atoms with Gasteiger partial charge in [-0.15, -0.1) is 0 Å². The Morgan fingerprint density at radius 2 is 1.81 bits per heavy atom. The molecule has 16 heavy (non-hydrogen) atoms. The number of alkyl halides is 1. The highest BCUT2D eigenvalue weighted by Gasteiger charge is 2.14. The summed E-state index contributed by atoms with van der Waals surface area (Å²) in [5.41, 5.74) is 4.08. The van der Waals surface area contributed by atoms with Gasteiger partial charge >= 0.3 is 0 Å². The van der Waals surface area contributed by atoms with Gasteiger partial charge in [-0.25, -0.2) is 0 Å². The van der Waals surface area contributed by atoms with Crippen LogP contribution in [0.3, 0.4) is 0 Å². The average Bonchev–Trinajstić information content (AvgIpc) is 2.15. The molecule has 1 amide bonds. The third kappa shape index (κ3) is 3.08. The van der Waals surface area contributed by atoms with Crippen molar-refractivity contribution in [3.8, 4) is 0 Å². The summed E-state index contributed by atoms with van der Waals surface area (Å²) in [5.74, 6) is 0.0157. The van der Waals surface area contributed by atoms with Crippen LogP contribution in [-0.2, 0) is 0 Å². The molecule has 1 aromatic carbocycles. The SMILES string of the molecule is Cc1cc(C)c(C(=O)NC(C)CBr)c(C)c1. The molecule has 0 saturated carbocycles. The van der Waals surface area contributed by atoms with Crippen molar-refractivity contribution in [2.45, 2.75) is 33.7 Å². The van der Waals surface area contributed by atoms with Gasteiger partial charge < -0.3 is 5.32 Å². The molecular weight excluding hydrogens is 266 g/mol. The van der Waals surface area contributed by atoms with E-state index in [2.05, 4.69) is 21.2 Å². The number of amides is 1. The lowest BCUT2D eigenvalue weighted by molar-refractivity contribution is 0.0942. The zero-order valence-corrected chi connectivity index (χ0v) is 11.8. The lowest BCUT2D eigenvalue weighted by atomic mass is 9.99. The van der Waals surface area contributed by atoms with Crippen molar-refractivity contribution in [3.05, 3.63) is 34.4 Å². The Bertz CT molecular complexity index is 378. The maximum absolute atomic E-state index is 12.0. The lowest BCUT2D eigenvalue weighted by Crippen LogP contribution is -2.34. The molecule has 0 aliphatic rings. The smallest absolute Gasteiger partial charge is 0.252 e. The summed E-state index contributed by atoms with van der Waals surface area (Å²) >= 11 is 3.35. The van der Waals surface area contributed by atoms with Crippen molar-refractivity contribution in [1.82, 2.24) is 5.32 Å². The van der Waals surface area contributed by atoms with Crippen LogP contribution in [0.1, 0.15) is 34.0 Å². The highest BCUT2D eigenvalue weighted by Crippen LogP contribution is 2.16. The third-order valence-corrected chi connectivity index (χ3v) is 3.48. The summed E-state index contributed by atoms with van der Waals surface area (Å²) in [7, 11) is 0. The quantitative estimate of drug-likeness (QED) is 0.849. The molecule has 1 rings (SSSR count). The summed E-state index contributed by atoms with van der Waals surface area (Å²) in [6, 6.07) is 4.23. The van der Waals surface area contributed by atoms with Crippen molar-refractivity contribution >= 4 is 21.8 Å². The van der Waals surface area contributed by atoms with E-state index in [1.165, 1.54) is 5.56 Å². The number of carbonyl (C=O) groups excluding carboxylic acids is 1. The molecular formula is C13H18BrNO. The summed E-state index contributed by atoms with van der Waals surface area (Å²) < 4.78 is 0. The molecule has 88 valence electrons. The minimum absolute atomic E-state index is 0.0157. The molecule has 1 aromatic rings. The van der Waals surface area contributed by atoms with E-state index in [0.29, 0.717) is 0 Å². The van der Waals surface area contributed by atoms with Crippen molar-refractivity contribution in [2.75, 3.05) is 5.33 Å². The van der Waals surface area contributed by atoms with E-state index in [4.69, 9.17) is 0 Å². The highest BCUT2D eigenvalue weighted by molar-refractivity contribution is 9.09. The number of carbonyl (C=O) groups is 1. The predicted molar refractivity (Wildman–Crippen MR) is 71.4 cm³/mol. The largest absolute Gasteiger partial charge is 0.349 e. The number of benzene rings is 1. The molecule has 3 heteroatoms. The summed E-state index contributed by atoms with van der Waals surface area (Å²) in [4.78, 5) is 12.0. The molecule has 0 heterocycles. The van der Waals surface area contributed by atoms with Gasteiger partial charge in [0, 0.05) is 16.9 Å². The molecule has 0 aromatic heterocycles. The van der Waals surface area contributed by atoms with E-state index in [0.717, 1.165) is 22.0 Å². The number of aryl methyl sites for hydroxylation is 3. The minimum atomic E-state index is 0.0157. The van der Waals surface area contributed by atoms with E-state index in [1.807, 2.05) is 39.8 Å². The van der Waals surface area contributed by atoms with E-state index in [-0.39, 0.29) is 11.9 Å². The van der Waals surface area contributed by atoms with Crippen LogP contribution in [0.2, 0.25) is 0 Å². The number of hydrogen-bond donors (Lipinski definition) is 1. The lowest BCUT2D eigenvalue weighted by Gasteiger charge is -2.14. The van der Waals surface area contributed by atoms with Gasteiger partial charge in [-0.05, 0) is 38.8 Å². The molecule has 0 radical (unpaired) electrons. The second-order valence-corrected chi connectivity index (χ2v) is 4.95. The van der Waals surface area contributed by atoms with Crippen LogP contribution in [-0.4, -0.2) is 17.3 Å². The first-order valence-corrected chi connectivity index (χ1v) is 6.52. The Morgan fingerprint density at radius 3 is 2.25 bits per heavy atom. The molecule has 0 bridgehead atoms. The maximum Gasteiger partial charge on any atom is 0.252 e. The van der Waals surface area contributed by atoms with Gasteiger partial charge in [-0.2, -0.15) is 0 Å². The molecule has 0 fully saturated rings. The molecule has 2 nitrogen and oxygen atoms in total. The second-order valence-electron chi connectivity index (χ2n) is 4.30. The number of nitrogens with one attached hydrogen (secondary N) is 1. The van der Waals surface area contributed by atoms with E-state index < -0.39 is 0 Å². The van der Waals surface area contributed by atoms with Crippen molar-refractivity contribution in [3.63, 3.8) is 0 Å². The predicted octanol–water partition coefficient (Wildman–Crippen LogP) is 3.13. The van der Waals surface area contributed by atoms with Crippen molar-refractivity contribution in [2.24, 2.45) is 0 Å². The van der Waals surface area contributed by atoms with Gasteiger partial charge in [-0.1, -0.05) is 33.6 Å². The fourth-order valence-corrected chi connectivity index (χ4v) is 2.03. The molecule has 1 unspecified atom stereocenters. The van der Waals surface area contributed by atoms with Crippen LogP contribution in [0.15, 0.2) is 12.1 Å². The first-order valence-electron chi connectivity index (χ1n) is 5.40.